The van der Waals surface area contributed by atoms with Gasteiger partial charge in [-0.25, -0.2) is 9.97 Å². The van der Waals surface area contributed by atoms with Crippen LogP contribution in [-0.2, 0) is 0 Å². The van der Waals surface area contributed by atoms with Gasteiger partial charge in [-0.05, 0) is 62.6 Å². The van der Waals surface area contributed by atoms with E-state index in [4.69, 9.17) is 9.72 Å². The molecule has 0 aliphatic carbocycles. The third kappa shape index (κ3) is 3.43. The Kier molecular flexibility index (Phi) is 4.86. The molecule has 0 spiro atoms. The highest BCUT2D eigenvalue weighted by atomic mass is 32.2. The average Bonchev–Trinajstić information content (AvgIpc) is 3.07. The summed E-state index contributed by atoms with van der Waals surface area (Å²) in [5.41, 5.74) is 5.10. The minimum absolute atomic E-state index is 0.658. The maximum absolute atomic E-state index is 5.58. The molecule has 5 heteroatoms. The van der Waals surface area contributed by atoms with Crippen LogP contribution in [0.4, 0.5) is 0 Å². The number of rotatable bonds is 5. The number of imidazole rings is 1. The highest BCUT2D eigenvalue weighted by Gasteiger charge is 2.17. The van der Waals surface area contributed by atoms with Crippen molar-refractivity contribution < 1.29 is 4.74 Å². The van der Waals surface area contributed by atoms with Crippen LogP contribution in [0.1, 0.15) is 12.6 Å². The van der Waals surface area contributed by atoms with Gasteiger partial charge in [0.2, 0.25) is 5.78 Å². The van der Waals surface area contributed by atoms with E-state index in [1.54, 1.807) is 11.8 Å². The van der Waals surface area contributed by atoms with Gasteiger partial charge in [-0.2, -0.15) is 0 Å². The molecule has 136 valence electrons. The second kappa shape index (κ2) is 7.45. The van der Waals surface area contributed by atoms with Crippen LogP contribution in [0, 0.1) is 6.92 Å². The van der Waals surface area contributed by atoms with Gasteiger partial charge in [-0.3, -0.25) is 4.40 Å². The lowest BCUT2D eigenvalue weighted by Crippen LogP contribution is -1.94. The van der Waals surface area contributed by atoms with Crippen molar-refractivity contribution in [2.24, 2.45) is 0 Å². The third-order valence-electron chi connectivity index (χ3n) is 4.44. The zero-order valence-electron chi connectivity index (χ0n) is 15.6. The van der Waals surface area contributed by atoms with Crippen molar-refractivity contribution in [1.82, 2.24) is 14.4 Å². The van der Waals surface area contributed by atoms with E-state index in [2.05, 4.69) is 52.0 Å². The fraction of sp³-hybridized carbons (Fsp3) is 0.182. The Bertz CT molecular complexity index is 1070. The molecule has 4 rings (SSSR count). The molecular formula is C22H21N3OS. The summed E-state index contributed by atoms with van der Waals surface area (Å²) in [6, 6.07) is 18.7. The smallest absolute Gasteiger partial charge is 0.235 e. The number of benzene rings is 2. The lowest BCUT2D eigenvalue weighted by molar-refractivity contribution is 0.340. The molecule has 2 heterocycles. The summed E-state index contributed by atoms with van der Waals surface area (Å²) in [5.74, 6) is 1.58. The van der Waals surface area contributed by atoms with Crippen LogP contribution in [-0.4, -0.2) is 27.2 Å². The van der Waals surface area contributed by atoms with E-state index in [1.165, 1.54) is 4.90 Å². The molecule has 4 aromatic rings. The summed E-state index contributed by atoms with van der Waals surface area (Å²) in [6.07, 6.45) is 4.12. The Labute approximate surface area is 163 Å². The number of thioether (sulfide) groups is 1. The lowest BCUT2D eigenvalue weighted by atomic mass is 10.0. The quantitative estimate of drug-likeness (QED) is 0.432. The largest absolute Gasteiger partial charge is 0.494 e. The van der Waals surface area contributed by atoms with Gasteiger partial charge in [0.05, 0.1) is 18.0 Å². The van der Waals surface area contributed by atoms with E-state index in [1.807, 2.05) is 38.2 Å². The second-order valence-electron chi connectivity index (χ2n) is 6.23. The molecule has 0 aliphatic rings. The molecule has 2 aromatic carbocycles. The molecule has 0 saturated heterocycles. The normalized spacial score (nSPS) is 11.1. The van der Waals surface area contributed by atoms with E-state index in [9.17, 15) is 0 Å². The van der Waals surface area contributed by atoms with Gasteiger partial charge in [0.15, 0.2) is 0 Å². The van der Waals surface area contributed by atoms with E-state index in [-0.39, 0.29) is 0 Å². The summed E-state index contributed by atoms with van der Waals surface area (Å²) in [5, 5.41) is 0. The fourth-order valence-corrected chi connectivity index (χ4v) is 3.53. The molecule has 0 fully saturated rings. The fourth-order valence-electron chi connectivity index (χ4n) is 3.12. The van der Waals surface area contributed by atoms with Crippen molar-refractivity contribution in [1.29, 1.82) is 0 Å². The Morgan fingerprint density at radius 2 is 1.63 bits per heavy atom. The summed E-state index contributed by atoms with van der Waals surface area (Å²) in [7, 11) is 0. The number of hydrogen-bond acceptors (Lipinski definition) is 4. The number of nitrogens with zero attached hydrogens (tertiary/aromatic N) is 3. The SMILES string of the molecule is CCOc1ccc(-c2c(-c3ccc(SC)cc3)nc3nc(C)ccn23)cc1. The first kappa shape index (κ1) is 17.6. The van der Waals surface area contributed by atoms with Crippen LogP contribution in [0.5, 0.6) is 5.75 Å². The zero-order valence-corrected chi connectivity index (χ0v) is 16.5. The number of fused-ring (bicyclic) bond motifs is 1. The van der Waals surface area contributed by atoms with Gasteiger partial charge in [0, 0.05) is 27.9 Å². The molecule has 0 atom stereocenters. The molecule has 0 N–H and O–H groups in total. The first-order valence-electron chi connectivity index (χ1n) is 8.93. The second-order valence-corrected chi connectivity index (χ2v) is 7.11. The highest BCUT2D eigenvalue weighted by molar-refractivity contribution is 7.98. The van der Waals surface area contributed by atoms with E-state index >= 15 is 0 Å². The van der Waals surface area contributed by atoms with Crippen molar-refractivity contribution in [3.8, 4) is 28.3 Å². The maximum atomic E-state index is 5.58. The zero-order chi connectivity index (χ0) is 18.8. The van der Waals surface area contributed by atoms with Crippen LogP contribution in [0.2, 0.25) is 0 Å². The highest BCUT2D eigenvalue weighted by Crippen LogP contribution is 2.34. The van der Waals surface area contributed by atoms with E-state index in [0.717, 1.165) is 34.0 Å². The summed E-state index contributed by atoms with van der Waals surface area (Å²) in [4.78, 5) is 10.7. The Morgan fingerprint density at radius 3 is 2.30 bits per heavy atom. The minimum atomic E-state index is 0.658. The molecule has 0 aliphatic heterocycles. The first-order valence-corrected chi connectivity index (χ1v) is 10.2. The van der Waals surface area contributed by atoms with E-state index < -0.39 is 0 Å². The van der Waals surface area contributed by atoms with Gasteiger partial charge in [-0.15, -0.1) is 11.8 Å². The Morgan fingerprint density at radius 1 is 0.926 bits per heavy atom. The molecule has 2 aromatic heterocycles. The molecule has 0 bridgehead atoms. The maximum Gasteiger partial charge on any atom is 0.235 e. The molecule has 27 heavy (non-hydrogen) atoms. The standard InChI is InChI=1S/C22H21N3OS/c1-4-26-18-9-5-17(6-10-18)21-20(16-7-11-19(27-3)12-8-16)24-22-23-15(2)13-14-25(21)22/h5-14H,4H2,1-3H3. The number of hydrogen-bond donors (Lipinski definition) is 0. The van der Waals surface area contributed by atoms with Crippen molar-refractivity contribution in [2.45, 2.75) is 18.7 Å². The van der Waals surface area contributed by atoms with Crippen LogP contribution >= 0.6 is 11.8 Å². The minimum Gasteiger partial charge on any atom is -0.494 e. The van der Waals surface area contributed by atoms with E-state index in [0.29, 0.717) is 12.4 Å². The molecular weight excluding hydrogens is 354 g/mol. The van der Waals surface area contributed by atoms with Crippen molar-refractivity contribution in [2.75, 3.05) is 12.9 Å². The third-order valence-corrected chi connectivity index (χ3v) is 5.18. The number of aryl methyl sites for hydroxylation is 1. The van der Waals surface area contributed by atoms with Crippen molar-refractivity contribution in [3.63, 3.8) is 0 Å². The van der Waals surface area contributed by atoms with Gasteiger partial charge in [0.1, 0.15) is 5.75 Å². The van der Waals surface area contributed by atoms with Crippen molar-refractivity contribution >= 4 is 17.5 Å². The first-order chi connectivity index (χ1) is 13.2. The average molecular weight is 375 g/mol. The van der Waals surface area contributed by atoms with Crippen LogP contribution in [0.15, 0.2) is 65.7 Å². The van der Waals surface area contributed by atoms with Crippen LogP contribution in [0.25, 0.3) is 28.3 Å². The molecule has 0 radical (unpaired) electrons. The Hall–Kier alpha value is -2.79. The number of ether oxygens (including phenoxy) is 1. The number of aromatic nitrogens is 3. The van der Waals surface area contributed by atoms with Gasteiger partial charge < -0.3 is 4.74 Å². The van der Waals surface area contributed by atoms with Crippen LogP contribution < -0.4 is 4.74 Å². The molecule has 0 saturated carbocycles. The molecule has 4 nitrogen and oxygen atoms in total. The predicted molar refractivity (Wildman–Crippen MR) is 112 cm³/mol. The predicted octanol–water partition coefficient (Wildman–Crippen LogP) is 5.49. The van der Waals surface area contributed by atoms with Gasteiger partial charge >= 0.3 is 0 Å². The van der Waals surface area contributed by atoms with Gasteiger partial charge in [-0.1, -0.05) is 12.1 Å². The van der Waals surface area contributed by atoms with Crippen molar-refractivity contribution in [3.05, 3.63) is 66.5 Å². The van der Waals surface area contributed by atoms with Crippen LogP contribution in [0.3, 0.4) is 0 Å². The molecule has 0 unspecified atom stereocenters. The Balaban J connectivity index is 1.90. The topological polar surface area (TPSA) is 39.4 Å². The molecule has 0 amide bonds. The monoisotopic (exact) mass is 375 g/mol. The van der Waals surface area contributed by atoms with Gasteiger partial charge in [0.25, 0.3) is 0 Å². The summed E-state index contributed by atoms with van der Waals surface area (Å²) >= 11 is 1.73. The summed E-state index contributed by atoms with van der Waals surface area (Å²) < 4.78 is 7.64. The lowest BCUT2D eigenvalue weighted by Gasteiger charge is -2.08. The summed E-state index contributed by atoms with van der Waals surface area (Å²) in [6.45, 7) is 4.63.